The van der Waals surface area contributed by atoms with Gasteiger partial charge in [0, 0.05) is 44.8 Å². The molecule has 0 amide bonds. The number of aromatic nitrogens is 8. The molecule has 0 fully saturated rings. The Morgan fingerprint density at radius 2 is 1.32 bits per heavy atom. The molecule has 0 saturated carbocycles. The summed E-state index contributed by atoms with van der Waals surface area (Å²) in [6.45, 7) is 39.2. The van der Waals surface area contributed by atoms with Gasteiger partial charge in [-0.25, -0.2) is 18.1 Å². The lowest BCUT2D eigenvalue weighted by Gasteiger charge is -2.06. The minimum Gasteiger partial charge on any atom is -0.511 e. The van der Waals surface area contributed by atoms with Crippen LogP contribution in [0.4, 0.5) is 0 Å². The van der Waals surface area contributed by atoms with Crippen molar-refractivity contribution in [2.75, 3.05) is 31.5 Å². The molecule has 3 rings (SSSR count). The number of aliphatic hydroxyl groups is 1. The molecule has 0 radical (unpaired) electrons. The fraction of sp³-hybridized carbons (Fsp3) is 0.837. The minimum absolute atomic E-state index is 0.0356. The van der Waals surface area contributed by atoms with Crippen molar-refractivity contribution in [3.8, 4) is 0 Å². The zero-order valence-electron chi connectivity index (χ0n) is 43.6. The summed E-state index contributed by atoms with van der Waals surface area (Å²) >= 11 is 0. The quantitative estimate of drug-likeness (QED) is 0.0720. The molecule has 0 spiro atoms. The molecule has 2 aromatic heterocycles. The standard InChI is InChI=1S/2C8H14N4O.C6H11N3.C6H12O.C5H13BO.C5H13O2P.C5H12O2S/c1-6(2)4-8-9-10-11-12(8)5-7(3)13;1-6(2)4-8-9-11-12(10-8)5-7(3)13;1-5(2)3-6-7-4-8-9-6;2*1-5(2)4-6(3)7;2*1-5(2)4-8(3,6)7/h6,13H,3-5H2,1-2H3;6H,4-5H2,1-3H3;5H,3-4H2,1-2H3;5H,4H2,1-3H3;5,7H,4H2,1-3H3;5H,4H2,1-3H3,(H,6,7);5H,4H2,1-3H3. The molecule has 1 atom stereocenters. The van der Waals surface area contributed by atoms with Crippen LogP contribution in [0.15, 0.2) is 27.6 Å². The van der Waals surface area contributed by atoms with Crippen LogP contribution in [0, 0.1) is 41.4 Å². The smallest absolute Gasteiger partial charge is 0.286 e. The monoisotopic (exact) mass is 962 g/mol. The van der Waals surface area contributed by atoms with Gasteiger partial charge in [0.15, 0.2) is 31.5 Å². The van der Waals surface area contributed by atoms with Gasteiger partial charge in [0.25, 0.3) is 6.92 Å². The molecule has 0 aromatic carbocycles. The Morgan fingerprint density at radius 1 is 0.785 bits per heavy atom. The number of tetrazole rings is 2. The van der Waals surface area contributed by atoms with Gasteiger partial charge in [-0.1, -0.05) is 116 Å². The summed E-state index contributed by atoms with van der Waals surface area (Å²) in [5.41, 5.74) is 0. The molecule has 1 unspecified atom stereocenters. The summed E-state index contributed by atoms with van der Waals surface area (Å²) in [6, 6.07) is 0. The maximum Gasteiger partial charge on any atom is 0.286 e. The van der Waals surface area contributed by atoms with Crippen molar-refractivity contribution in [3.05, 3.63) is 24.0 Å². The van der Waals surface area contributed by atoms with Crippen LogP contribution in [0.5, 0.6) is 0 Å². The van der Waals surface area contributed by atoms with Gasteiger partial charge in [-0.15, -0.1) is 20.4 Å². The highest BCUT2D eigenvalue weighted by Gasteiger charge is 2.11. The van der Waals surface area contributed by atoms with Crippen LogP contribution < -0.4 is 0 Å². The first kappa shape index (κ1) is 68.0. The molecule has 19 nitrogen and oxygen atoms in total. The van der Waals surface area contributed by atoms with Crippen LogP contribution in [-0.4, -0.2) is 120 Å². The normalized spacial score (nSPS) is 12.6. The third kappa shape index (κ3) is 56.5. The average Bonchev–Trinajstić information content (AvgIpc) is 3.82. The average molecular weight is 962 g/mol. The van der Waals surface area contributed by atoms with Gasteiger partial charge in [0.2, 0.25) is 0 Å². The van der Waals surface area contributed by atoms with E-state index in [1.807, 2.05) is 48.4 Å². The van der Waals surface area contributed by atoms with Crippen LogP contribution in [0.25, 0.3) is 0 Å². The lowest BCUT2D eigenvalue weighted by molar-refractivity contribution is -0.118. The Hall–Kier alpha value is -3.55. The maximum absolute atomic E-state index is 10.7. The molecule has 1 aliphatic heterocycles. The molecule has 65 heavy (non-hydrogen) atoms. The largest absolute Gasteiger partial charge is 0.511 e. The summed E-state index contributed by atoms with van der Waals surface area (Å²) in [6.07, 6.45) is 5.90. The van der Waals surface area contributed by atoms with E-state index in [0.717, 1.165) is 43.7 Å². The van der Waals surface area contributed by atoms with E-state index in [2.05, 4.69) is 108 Å². The predicted octanol–water partition coefficient (Wildman–Crippen LogP) is 8.37. The molecule has 3 N–H and O–H groups in total. The molecule has 0 aliphatic carbocycles. The Kier molecular flexibility index (Phi) is 39.3. The molecule has 1 aliphatic rings. The van der Waals surface area contributed by atoms with Gasteiger partial charge in [0.05, 0.1) is 5.75 Å². The number of sulfone groups is 1. The van der Waals surface area contributed by atoms with Crippen molar-refractivity contribution < 1.29 is 37.6 Å². The zero-order valence-corrected chi connectivity index (χ0v) is 45.3. The van der Waals surface area contributed by atoms with Crippen LogP contribution in [0.3, 0.4) is 0 Å². The van der Waals surface area contributed by atoms with Crippen molar-refractivity contribution in [1.82, 2.24) is 40.4 Å². The van der Waals surface area contributed by atoms with Crippen LogP contribution in [-0.2, 0) is 49.9 Å². The number of carbonyl (C=O) groups excluding carboxylic acids is 2. The number of ketones is 2. The van der Waals surface area contributed by atoms with E-state index >= 15 is 0 Å². The number of carbonyl (C=O) groups is 2. The first-order chi connectivity index (χ1) is 29.5. The fourth-order valence-electron chi connectivity index (χ4n) is 5.29. The first-order valence-electron chi connectivity index (χ1n) is 22.5. The number of nitrogens with zero attached hydrogens (tertiary/aromatic N) is 11. The second-order valence-corrected chi connectivity index (χ2v) is 24.1. The van der Waals surface area contributed by atoms with Gasteiger partial charge in [-0.2, -0.15) is 9.91 Å². The number of amidine groups is 1. The SMILES string of the molecule is C=C(O)Cn1nnnc1CC(C)C.CB(O)CC(C)C.CC(=O)CC(C)C.CC(=O)Cn1nnc(CC(C)C)n1.CC(C)CC1=NCN=N1.CC(C)CP(C)(=O)O.CC(C)CS(C)(=O)=O. The third-order valence-electron chi connectivity index (χ3n) is 6.92. The number of Topliss-reactive ketones (excluding diaryl/α,β-unsaturated/α-hetero) is 2. The number of hydrogen-bond acceptors (Lipinski definition) is 16. The van der Waals surface area contributed by atoms with E-state index in [-0.39, 0.29) is 43.2 Å². The summed E-state index contributed by atoms with van der Waals surface area (Å²) < 4.78 is 33.0. The molecule has 0 saturated heterocycles. The van der Waals surface area contributed by atoms with Crippen molar-refractivity contribution in [2.24, 2.45) is 56.6 Å². The lowest BCUT2D eigenvalue weighted by Crippen LogP contribution is -2.09. The third-order valence-corrected chi connectivity index (χ3v) is 9.60. The first-order valence-corrected chi connectivity index (χ1v) is 26.8. The number of allylic oxidation sites excluding steroid dienone is 1. The number of azo groups is 1. The van der Waals surface area contributed by atoms with Crippen molar-refractivity contribution in [3.63, 3.8) is 0 Å². The fourth-order valence-corrected chi connectivity index (χ4v) is 7.85. The Labute approximate surface area is 393 Å². The highest BCUT2D eigenvalue weighted by atomic mass is 32.2. The second kappa shape index (κ2) is 37.5. The Morgan fingerprint density at radius 3 is 1.60 bits per heavy atom. The Balaban J connectivity index is -0.000000340. The zero-order chi connectivity index (χ0) is 51.7. The summed E-state index contributed by atoms with van der Waals surface area (Å²) in [4.78, 5) is 35.1. The van der Waals surface area contributed by atoms with E-state index in [1.165, 1.54) is 24.6 Å². The van der Waals surface area contributed by atoms with Crippen molar-refractivity contribution in [2.45, 2.75) is 163 Å². The number of rotatable bonds is 18. The molecule has 22 heteroatoms. The van der Waals surface area contributed by atoms with Crippen LogP contribution >= 0.6 is 7.37 Å². The van der Waals surface area contributed by atoms with E-state index in [4.69, 9.17) is 15.0 Å². The molecule has 2 aromatic rings. The van der Waals surface area contributed by atoms with Gasteiger partial charge >= 0.3 is 0 Å². The summed E-state index contributed by atoms with van der Waals surface area (Å²) in [7, 11) is -5.45. The number of hydrogen-bond donors (Lipinski definition) is 3. The second-order valence-electron chi connectivity index (χ2n) is 19.4. The topological polar surface area (TPSA) is 270 Å². The highest BCUT2D eigenvalue weighted by molar-refractivity contribution is 7.90. The molecular formula is C43H89BN11O8PS. The van der Waals surface area contributed by atoms with Gasteiger partial charge in [-0.05, 0) is 71.3 Å². The van der Waals surface area contributed by atoms with Crippen molar-refractivity contribution in [1.29, 1.82) is 0 Å². The van der Waals surface area contributed by atoms with E-state index in [9.17, 15) is 22.6 Å². The van der Waals surface area contributed by atoms with E-state index in [0.29, 0.717) is 59.9 Å². The lowest BCUT2D eigenvalue weighted by atomic mass is 9.65. The van der Waals surface area contributed by atoms with Crippen molar-refractivity contribution >= 4 is 41.5 Å². The number of aliphatic imine (C=N–C) groups is 1. The van der Waals surface area contributed by atoms with E-state index in [1.54, 1.807) is 11.6 Å². The molecule has 3 heterocycles. The summed E-state index contributed by atoms with van der Waals surface area (Å²) in [5.74, 6) is 6.46. The predicted molar refractivity (Wildman–Crippen MR) is 265 cm³/mol. The van der Waals surface area contributed by atoms with Gasteiger partial charge in [-0.3, -0.25) is 9.36 Å². The highest BCUT2D eigenvalue weighted by Crippen LogP contribution is 2.37. The van der Waals surface area contributed by atoms with Gasteiger partial charge in [0.1, 0.15) is 40.3 Å². The van der Waals surface area contributed by atoms with Gasteiger partial charge < -0.3 is 19.8 Å². The molecule has 378 valence electrons. The van der Waals surface area contributed by atoms with E-state index < -0.39 is 17.2 Å². The molecule has 0 bridgehead atoms. The van der Waals surface area contributed by atoms with Crippen LogP contribution in [0.2, 0.25) is 13.1 Å². The maximum atomic E-state index is 10.7. The van der Waals surface area contributed by atoms with Crippen LogP contribution in [0.1, 0.15) is 135 Å². The summed E-state index contributed by atoms with van der Waals surface area (Å²) in [5, 5.41) is 48.1. The number of aliphatic hydroxyl groups excluding tert-OH is 1. The molecular weight excluding hydrogens is 872 g/mol. The Bertz CT molecular complexity index is 1780. The minimum atomic E-state index is -2.72.